The van der Waals surface area contributed by atoms with Crippen molar-refractivity contribution in [3.05, 3.63) is 46.4 Å². The Morgan fingerprint density at radius 3 is 2.65 bits per heavy atom. The van der Waals surface area contributed by atoms with E-state index < -0.39 is 0 Å². The summed E-state index contributed by atoms with van der Waals surface area (Å²) in [6.07, 6.45) is 1.27. The van der Waals surface area contributed by atoms with Gasteiger partial charge in [0, 0.05) is 10.0 Å². The Kier molecular flexibility index (Phi) is 7.28. The van der Waals surface area contributed by atoms with Gasteiger partial charge in [-0.05, 0) is 47.1 Å². The largest absolute Gasteiger partial charge is 0.495 e. The minimum Gasteiger partial charge on any atom is -0.495 e. The van der Waals surface area contributed by atoms with E-state index >= 15 is 0 Å². The number of ether oxygens (including phenoxy) is 3. The van der Waals surface area contributed by atoms with Crippen LogP contribution in [0.5, 0.6) is 17.2 Å². The van der Waals surface area contributed by atoms with Crippen molar-refractivity contribution in [2.24, 2.45) is 5.16 Å². The first kappa shape index (κ1) is 19.6. The van der Waals surface area contributed by atoms with E-state index in [2.05, 4.69) is 26.4 Å². The molecule has 0 aliphatic heterocycles. The van der Waals surface area contributed by atoms with Crippen molar-refractivity contribution in [1.82, 2.24) is 0 Å². The molecule has 0 unspecified atom stereocenters. The monoisotopic (exact) mass is 422 g/mol. The van der Waals surface area contributed by atoms with Crippen LogP contribution >= 0.6 is 15.9 Å². The fraction of sp³-hybridized carbons (Fsp3) is 0.222. The molecule has 0 saturated heterocycles. The van der Waals surface area contributed by atoms with Gasteiger partial charge in [-0.25, -0.2) is 0 Å². The molecular weight excluding hydrogens is 404 g/mol. The van der Waals surface area contributed by atoms with Crippen LogP contribution < -0.4 is 19.5 Å². The van der Waals surface area contributed by atoms with Crippen molar-refractivity contribution < 1.29 is 24.2 Å². The lowest BCUT2D eigenvalue weighted by atomic mass is 10.2. The third-order valence-electron chi connectivity index (χ3n) is 3.30. The summed E-state index contributed by atoms with van der Waals surface area (Å²) in [5.74, 6) is 1.06. The van der Waals surface area contributed by atoms with E-state index in [1.807, 2.05) is 13.0 Å². The topological polar surface area (TPSA) is 89.4 Å². The van der Waals surface area contributed by atoms with E-state index in [0.29, 0.717) is 39.6 Å². The molecule has 8 heteroatoms. The molecule has 7 nitrogen and oxygen atoms in total. The van der Waals surface area contributed by atoms with Crippen molar-refractivity contribution in [1.29, 1.82) is 0 Å². The number of nitrogens with zero attached hydrogens (tertiary/aromatic N) is 1. The van der Waals surface area contributed by atoms with Gasteiger partial charge in [-0.1, -0.05) is 17.3 Å². The quantitative estimate of drug-likeness (QED) is 0.384. The van der Waals surface area contributed by atoms with E-state index in [4.69, 9.17) is 19.4 Å². The van der Waals surface area contributed by atoms with Crippen LogP contribution in [0.2, 0.25) is 0 Å². The number of rotatable bonds is 8. The van der Waals surface area contributed by atoms with Crippen LogP contribution in [0.3, 0.4) is 0 Å². The summed E-state index contributed by atoms with van der Waals surface area (Å²) in [5.41, 5.74) is 1.17. The summed E-state index contributed by atoms with van der Waals surface area (Å²) in [5, 5.41) is 14.4. The third kappa shape index (κ3) is 5.13. The van der Waals surface area contributed by atoms with Gasteiger partial charge in [-0.15, -0.1) is 0 Å². The minimum absolute atomic E-state index is 0.210. The lowest BCUT2D eigenvalue weighted by Gasteiger charge is -2.14. The highest BCUT2D eigenvalue weighted by atomic mass is 79.9. The highest BCUT2D eigenvalue weighted by Crippen LogP contribution is 2.33. The number of carbonyl (C=O) groups excluding carboxylic acids is 1. The van der Waals surface area contributed by atoms with Crippen LogP contribution in [0, 0.1) is 0 Å². The van der Waals surface area contributed by atoms with Gasteiger partial charge in [0.1, 0.15) is 5.75 Å². The van der Waals surface area contributed by atoms with Crippen molar-refractivity contribution in [3.8, 4) is 17.2 Å². The first-order valence-corrected chi connectivity index (χ1v) is 8.57. The first-order valence-electron chi connectivity index (χ1n) is 7.78. The van der Waals surface area contributed by atoms with Gasteiger partial charge >= 0.3 is 0 Å². The molecular formula is C18H19BrN2O5. The normalized spacial score (nSPS) is 10.6. The van der Waals surface area contributed by atoms with Gasteiger partial charge in [-0.3, -0.25) is 4.79 Å². The number of methoxy groups -OCH3 is 1. The smallest absolute Gasteiger partial charge is 0.262 e. The molecule has 26 heavy (non-hydrogen) atoms. The number of oxime groups is 1. The van der Waals surface area contributed by atoms with E-state index in [1.165, 1.54) is 13.3 Å². The van der Waals surface area contributed by atoms with Crippen LogP contribution in [0.1, 0.15) is 12.5 Å². The van der Waals surface area contributed by atoms with Crippen LogP contribution in [0.15, 0.2) is 46.0 Å². The predicted molar refractivity (Wildman–Crippen MR) is 102 cm³/mol. The van der Waals surface area contributed by atoms with Crippen LogP contribution in [-0.2, 0) is 4.79 Å². The summed E-state index contributed by atoms with van der Waals surface area (Å²) in [7, 11) is 1.53. The molecule has 0 bridgehead atoms. The number of benzene rings is 2. The number of halogens is 1. The van der Waals surface area contributed by atoms with Crippen LogP contribution in [0.25, 0.3) is 0 Å². The Morgan fingerprint density at radius 2 is 1.96 bits per heavy atom. The van der Waals surface area contributed by atoms with E-state index in [1.54, 1.807) is 30.3 Å². The van der Waals surface area contributed by atoms with Crippen LogP contribution in [-0.4, -0.2) is 37.7 Å². The van der Waals surface area contributed by atoms with Crippen molar-refractivity contribution >= 4 is 33.7 Å². The van der Waals surface area contributed by atoms with Gasteiger partial charge in [0.15, 0.2) is 18.1 Å². The lowest BCUT2D eigenvalue weighted by molar-refractivity contribution is -0.118. The van der Waals surface area contributed by atoms with Crippen molar-refractivity contribution in [3.63, 3.8) is 0 Å². The van der Waals surface area contributed by atoms with Crippen molar-refractivity contribution in [2.75, 3.05) is 25.6 Å². The second-order valence-corrected chi connectivity index (χ2v) is 5.89. The standard InChI is InChI=1S/C18H19BrN2O5/c1-3-25-16-8-12(10-20-23)13(19)9-17(16)26-11-18(22)21-14-6-4-5-7-15(14)24-2/h4-10,23H,3,11H2,1-2H3,(H,21,22). The van der Waals surface area contributed by atoms with Crippen LogP contribution in [0.4, 0.5) is 5.69 Å². The molecule has 0 atom stereocenters. The third-order valence-corrected chi connectivity index (χ3v) is 3.99. The minimum atomic E-state index is -0.339. The first-order chi connectivity index (χ1) is 12.6. The van der Waals surface area contributed by atoms with Crippen molar-refractivity contribution in [2.45, 2.75) is 6.92 Å². The Labute approximate surface area is 159 Å². The zero-order valence-electron chi connectivity index (χ0n) is 14.4. The fourth-order valence-corrected chi connectivity index (χ4v) is 2.60. The molecule has 138 valence electrons. The zero-order valence-corrected chi connectivity index (χ0v) is 15.9. The number of carbonyl (C=O) groups is 1. The molecule has 2 aromatic carbocycles. The second-order valence-electron chi connectivity index (χ2n) is 5.04. The second kappa shape index (κ2) is 9.67. The molecule has 0 heterocycles. The average Bonchev–Trinajstić information content (AvgIpc) is 2.64. The molecule has 0 aliphatic carbocycles. The molecule has 0 aliphatic rings. The number of hydrogen-bond donors (Lipinski definition) is 2. The zero-order chi connectivity index (χ0) is 18.9. The maximum atomic E-state index is 12.2. The molecule has 2 N–H and O–H groups in total. The summed E-state index contributed by atoms with van der Waals surface area (Å²) in [6, 6.07) is 10.4. The summed E-state index contributed by atoms with van der Waals surface area (Å²) in [6.45, 7) is 2.04. The molecule has 0 spiro atoms. The summed E-state index contributed by atoms with van der Waals surface area (Å²) in [4.78, 5) is 12.2. The number of amides is 1. The Balaban J connectivity index is 2.10. The number of anilines is 1. The molecule has 2 aromatic rings. The Bertz CT molecular complexity index is 795. The Hall–Kier alpha value is -2.74. The Morgan fingerprint density at radius 1 is 1.23 bits per heavy atom. The highest BCUT2D eigenvalue weighted by molar-refractivity contribution is 9.10. The molecule has 0 aromatic heterocycles. The summed E-state index contributed by atoms with van der Waals surface area (Å²) >= 11 is 3.36. The maximum absolute atomic E-state index is 12.2. The SMILES string of the molecule is CCOc1cc(C=NO)c(Br)cc1OCC(=O)Nc1ccccc1OC. The molecule has 0 fully saturated rings. The van der Waals surface area contributed by atoms with Gasteiger partial charge < -0.3 is 24.7 Å². The molecule has 2 rings (SSSR count). The molecule has 0 radical (unpaired) electrons. The van der Waals surface area contributed by atoms with E-state index in [9.17, 15) is 4.79 Å². The maximum Gasteiger partial charge on any atom is 0.262 e. The number of para-hydroxylation sites is 2. The average molecular weight is 423 g/mol. The number of hydrogen-bond acceptors (Lipinski definition) is 6. The highest BCUT2D eigenvalue weighted by Gasteiger charge is 2.13. The van der Waals surface area contributed by atoms with Gasteiger partial charge in [0.2, 0.25) is 0 Å². The van der Waals surface area contributed by atoms with Gasteiger partial charge in [0.05, 0.1) is 25.6 Å². The molecule has 1 amide bonds. The van der Waals surface area contributed by atoms with Gasteiger partial charge in [-0.2, -0.15) is 0 Å². The number of nitrogens with one attached hydrogen (secondary N) is 1. The molecule has 0 saturated carbocycles. The summed E-state index contributed by atoms with van der Waals surface area (Å²) < 4.78 is 17.0. The van der Waals surface area contributed by atoms with Gasteiger partial charge in [0.25, 0.3) is 5.91 Å². The van der Waals surface area contributed by atoms with E-state index in [-0.39, 0.29) is 12.5 Å². The lowest BCUT2D eigenvalue weighted by Crippen LogP contribution is -2.20. The fourth-order valence-electron chi connectivity index (χ4n) is 2.17. The predicted octanol–water partition coefficient (Wildman–Crippen LogP) is 3.68. The van der Waals surface area contributed by atoms with E-state index in [0.717, 1.165) is 0 Å².